The maximum atomic E-state index is 13.0. The molecule has 4 nitrogen and oxygen atoms in total. The van der Waals surface area contributed by atoms with E-state index in [0.717, 1.165) is 11.0 Å². The van der Waals surface area contributed by atoms with E-state index in [1.807, 2.05) is 0 Å². The van der Waals surface area contributed by atoms with Crippen LogP contribution in [0, 0.1) is 0 Å². The Morgan fingerprint density at radius 3 is 2.69 bits per heavy atom. The highest BCUT2D eigenvalue weighted by molar-refractivity contribution is 9.10. The molecular weight excluding hydrogens is 433 g/mol. The molecule has 0 atom stereocenters. The molecule has 0 aromatic heterocycles. The first-order valence-corrected chi connectivity index (χ1v) is 9.27. The van der Waals surface area contributed by atoms with Gasteiger partial charge in [0.1, 0.15) is 0 Å². The zero-order valence-electron chi connectivity index (χ0n) is 13.1. The molecule has 136 valence electrons. The van der Waals surface area contributed by atoms with Gasteiger partial charge in [0.25, 0.3) is 5.91 Å². The summed E-state index contributed by atoms with van der Waals surface area (Å²) in [6.45, 7) is 0. The van der Waals surface area contributed by atoms with Gasteiger partial charge in [0.2, 0.25) is 5.91 Å². The van der Waals surface area contributed by atoms with E-state index in [1.54, 1.807) is 12.1 Å². The number of halogens is 4. The molecule has 2 amide bonds. The summed E-state index contributed by atoms with van der Waals surface area (Å²) in [5, 5.41) is 5.18. The third-order valence-electron chi connectivity index (χ3n) is 3.63. The number of hydrogen-bond acceptors (Lipinski definition) is 3. The SMILES string of the molecule is O=C1CCSc2ccc(C(=O)Nc3ccc(Br)c(C(F)(F)F)c3)cc2N1. The number of amides is 2. The lowest BCUT2D eigenvalue weighted by Crippen LogP contribution is -2.15. The largest absolute Gasteiger partial charge is 0.417 e. The molecule has 26 heavy (non-hydrogen) atoms. The predicted molar refractivity (Wildman–Crippen MR) is 97.5 cm³/mol. The van der Waals surface area contributed by atoms with Gasteiger partial charge in [-0.1, -0.05) is 15.9 Å². The molecule has 0 saturated heterocycles. The van der Waals surface area contributed by atoms with Crippen molar-refractivity contribution in [2.24, 2.45) is 0 Å². The summed E-state index contributed by atoms with van der Waals surface area (Å²) in [6, 6.07) is 8.27. The highest BCUT2D eigenvalue weighted by Crippen LogP contribution is 2.36. The van der Waals surface area contributed by atoms with E-state index in [2.05, 4.69) is 26.6 Å². The Balaban J connectivity index is 1.84. The Kier molecular flexibility index (Phi) is 5.29. The highest BCUT2D eigenvalue weighted by Gasteiger charge is 2.33. The van der Waals surface area contributed by atoms with Crippen LogP contribution in [0.15, 0.2) is 45.8 Å². The smallest absolute Gasteiger partial charge is 0.325 e. The van der Waals surface area contributed by atoms with Crippen LogP contribution in [-0.4, -0.2) is 17.6 Å². The van der Waals surface area contributed by atoms with Crippen molar-refractivity contribution < 1.29 is 22.8 Å². The Labute approximate surface area is 159 Å². The van der Waals surface area contributed by atoms with E-state index in [0.29, 0.717) is 17.9 Å². The van der Waals surface area contributed by atoms with Crippen molar-refractivity contribution in [1.82, 2.24) is 0 Å². The van der Waals surface area contributed by atoms with Crippen LogP contribution >= 0.6 is 27.7 Å². The summed E-state index contributed by atoms with van der Waals surface area (Å²) in [7, 11) is 0. The van der Waals surface area contributed by atoms with Crippen molar-refractivity contribution in [2.75, 3.05) is 16.4 Å². The van der Waals surface area contributed by atoms with Gasteiger partial charge in [-0.2, -0.15) is 13.2 Å². The highest BCUT2D eigenvalue weighted by atomic mass is 79.9. The first kappa shape index (κ1) is 18.8. The average molecular weight is 445 g/mol. The standard InChI is InChI=1S/C17H12BrF3N2O2S/c18-12-3-2-10(8-11(12)17(19,20)21)22-16(25)9-1-4-14-13(7-9)23-15(24)5-6-26-14/h1-4,7-8H,5-6H2,(H,22,25)(H,23,24). The molecule has 0 fully saturated rings. The van der Waals surface area contributed by atoms with Crippen LogP contribution in [-0.2, 0) is 11.0 Å². The van der Waals surface area contributed by atoms with Crippen molar-refractivity contribution in [2.45, 2.75) is 17.5 Å². The molecule has 1 aliphatic heterocycles. The van der Waals surface area contributed by atoms with Crippen molar-refractivity contribution in [3.05, 3.63) is 52.0 Å². The van der Waals surface area contributed by atoms with E-state index >= 15 is 0 Å². The lowest BCUT2D eigenvalue weighted by Gasteiger charge is -2.13. The van der Waals surface area contributed by atoms with Crippen molar-refractivity contribution in [3.8, 4) is 0 Å². The van der Waals surface area contributed by atoms with Crippen LogP contribution in [0.4, 0.5) is 24.5 Å². The molecule has 1 aliphatic rings. The fourth-order valence-corrected chi connectivity index (χ4v) is 3.79. The summed E-state index contributed by atoms with van der Waals surface area (Å²) in [5.41, 5.74) is -0.0836. The van der Waals surface area contributed by atoms with Gasteiger partial charge in [-0.25, -0.2) is 0 Å². The fourth-order valence-electron chi connectivity index (χ4n) is 2.38. The van der Waals surface area contributed by atoms with Gasteiger partial charge in [-0.15, -0.1) is 11.8 Å². The number of carbonyl (C=O) groups is 2. The van der Waals surface area contributed by atoms with Crippen molar-refractivity contribution >= 4 is 50.9 Å². The van der Waals surface area contributed by atoms with E-state index in [1.165, 1.54) is 30.0 Å². The quantitative estimate of drug-likeness (QED) is 0.672. The minimum absolute atomic E-state index is 0.0267. The number of rotatable bonds is 2. The van der Waals surface area contributed by atoms with Crippen LogP contribution in [0.2, 0.25) is 0 Å². The van der Waals surface area contributed by atoms with Gasteiger partial charge in [-0.05, 0) is 36.4 Å². The van der Waals surface area contributed by atoms with Gasteiger partial charge in [-0.3, -0.25) is 9.59 Å². The minimum Gasteiger partial charge on any atom is -0.325 e. The topological polar surface area (TPSA) is 58.2 Å². The van der Waals surface area contributed by atoms with E-state index in [9.17, 15) is 22.8 Å². The number of hydrogen-bond donors (Lipinski definition) is 2. The van der Waals surface area contributed by atoms with Gasteiger partial charge in [0.05, 0.1) is 11.3 Å². The minimum atomic E-state index is -4.54. The number of fused-ring (bicyclic) bond motifs is 1. The third-order valence-corrected chi connectivity index (χ3v) is 5.40. The Morgan fingerprint density at radius 2 is 1.96 bits per heavy atom. The van der Waals surface area contributed by atoms with Crippen LogP contribution in [0.25, 0.3) is 0 Å². The van der Waals surface area contributed by atoms with Gasteiger partial charge >= 0.3 is 6.18 Å². The van der Waals surface area contributed by atoms with E-state index in [4.69, 9.17) is 0 Å². The molecule has 0 saturated carbocycles. The summed E-state index contributed by atoms with van der Waals surface area (Å²) in [5.74, 6) is -0.0629. The van der Waals surface area contributed by atoms with Crippen molar-refractivity contribution in [1.29, 1.82) is 0 Å². The zero-order valence-corrected chi connectivity index (χ0v) is 15.5. The summed E-state index contributed by atoms with van der Waals surface area (Å²) >= 11 is 4.36. The van der Waals surface area contributed by atoms with Crippen molar-refractivity contribution in [3.63, 3.8) is 0 Å². The average Bonchev–Trinajstić information content (AvgIpc) is 2.75. The number of benzene rings is 2. The number of alkyl halides is 3. The monoisotopic (exact) mass is 444 g/mol. The van der Waals surface area contributed by atoms with Crippen LogP contribution < -0.4 is 10.6 Å². The predicted octanol–water partition coefficient (Wildman–Crippen LogP) is 5.15. The lowest BCUT2D eigenvalue weighted by molar-refractivity contribution is -0.138. The second kappa shape index (κ2) is 7.32. The second-order valence-corrected chi connectivity index (χ2v) is 7.50. The number of thioether (sulfide) groups is 1. The maximum absolute atomic E-state index is 13.0. The number of carbonyl (C=O) groups excluding carboxylic acids is 2. The Hall–Kier alpha value is -2.00. The third kappa shape index (κ3) is 4.21. The normalized spacial score (nSPS) is 14.2. The van der Waals surface area contributed by atoms with Crippen LogP contribution in [0.5, 0.6) is 0 Å². The molecule has 0 spiro atoms. The molecule has 2 aromatic rings. The first-order chi connectivity index (χ1) is 12.2. The first-order valence-electron chi connectivity index (χ1n) is 7.49. The summed E-state index contributed by atoms with van der Waals surface area (Å²) in [4.78, 5) is 24.9. The van der Waals surface area contributed by atoms with Crippen LogP contribution in [0.1, 0.15) is 22.3 Å². The second-order valence-electron chi connectivity index (χ2n) is 5.50. The molecule has 3 rings (SSSR count). The summed E-state index contributed by atoms with van der Waals surface area (Å²) < 4.78 is 38.8. The Morgan fingerprint density at radius 1 is 1.19 bits per heavy atom. The molecular formula is C17H12BrF3N2O2S. The molecule has 0 aliphatic carbocycles. The maximum Gasteiger partial charge on any atom is 0.417 e. The molecule has 9 heteroatoms. The van der Waals surface area contributed by atoms with Gasteiger partial charge < -0.3 is 10.6 Å². The number of nitrogens with one attached hydrogen (secondary N) is 2. The zero-order chi connectivity index (χ0) is 18.9. The number of anilines is 2. The molecule has 2 N–H and O–H groups in total. The van der Waals surface area contributed by atoms with Gasteiger partial charge in [0, 0.05) is 32.8 Å². The van der Waals surface area contributed by atoms with E-state index in [-0.39, 0.29) is 21.6 Å². The Bertz CT molecular complexity index is 887. The molecule has 0 radical (unpaired) electrons. The molecule has 2 aromatic carbocycles. The van der Waals surface area contributed by atoms with Crippen LogP contribution in [0.3, 0.4) is 0 Å². The molecule has 1 heterocycles. The van der Waals surface area contributed by atoms with Gasteiger partial charge in [0.15, 0.2) is 0 Å². The lowest BCUT2D eigenvalue weighted by atomic mass is 10.1. The fraction of sp³-hybridized carbons (Fsp3) is 0.176. The summed E-state index contributed by atoms with van der Waals surface area (Å²) in [6.07, 6.45) is -4.16. The molecule has 0 unspecified atom stereocenters. The molecule has 0 bridgehead atoms. The van der Waals surface area contributed by atoms with E-state index < -0.39 is 17.6 Å².